The maximum Gasteiger partial charge on any atom is 0.224 e. The normalized spacial score (nSPS) is 21.7. The first-order chi connectivity index (χ1) is 9.10. The number of rotatable bonds is 7. The van der Waals surface area contributed by atoms with Gasteiger partial charge in [-0.3, -0.25) is 4.79 Å². The summed E-state index contributed by atoms with van der Waals surface area (Å²) in [5, 5.41) is 6.46. The summed E-state index contributed by atoms with van der Waals surface area (Å²) in [4.78, 5) is 14.4. The van der Waals surface area contributed by atoms with Gasteiger partial charge in [0, 0.05) is 19.1 Å². The Morgan fingerprint density at radius 3 is 2.53 bits per heavy atom. The van der Waals surface area contributed by atoms with E-state index in [-0.39, 0.29) is 11.8 Å². The number of hydrogen-bond acceptors (Lipinski definition) is 3. The summed E-state index contributed by atoms with van der Waals surface area (Å²) in [6, 6.07) is 0.440. The SMILES string of the molecule is CCC(CC)C(CNC(=O)C1CCCNC1)N(C)C. The van der Waals surface area contributed by atoms with Crippen LogP contribution < -0.4 is 10.6 Å². The van der Waals surface area contributed by atoms with Gasteiger partial charge in [0.15, 0.2) is 0 Å². The van der Waals surface area contributed by atoms with Crippen LogP contribution in [0.3, 0.4) is 0 Å². The summed E-state index contributed by atoms with van der Waals surface area (Å²) in [5.41, 5.74) is 0. The fraction of sp³-hybridized carbons (Fsp3) is 0.933. The molecule has 1 aliphatic rings. The summed E-state index contributed by atoms with van der Waals surface area (Å²) in [6.07, 6.45) is 4.47. The van der Waals surface area contributed by atoms with E-state index < -0.39 is 0 Å². The molecule has 0 aliphatic carbocycles. The Kier molecular flexibility index (Phi) is 7.39. The van der Waals surface area contributed by atoms with E-state index in [0.29, 0.717) is 12.0 Å². The zero-order valence-electron chi connectivity index (χ0n) is 13.0. The molecule has 2 N–H and O–H groups in total. The number of carbonyl (C=O) groups excluding carboxylic acids is 1. The predicted molar refractivity (Wildman–Crippen MR) is 80.2 cm³/mol. The van der Waals surface area contributed by atoms with Gasteiger partial charge in [0.2, 0.25) is 5.91 Å². The third-order valence-corrected chi connectivity index (χ3v) is 4.41. The molecule has 0 aromatic rings. The van der Waals surface area contributed by atoms with E-state index in [9.17, 15) is 4.79 Å². The topological polar surface area (TPSA) is 44.4 Å². The molecule has 0 aromatic carbocycles. The Balaban J connectivity index is 2.44. The van der Waals surface area contributed by atoms with Gasteiger partial charge in [-0.2, -0.15) is 0 Å². The molecule has 1 aliphatic heterocycles. The second kappa shape index (κ2) is 8.54. The number of nitrogens with zero attached hydrogens (tertiary/aromatic N) is 1. The van der Waals surface area contributed by atoms with E-state index in [1.54, 1.807) is 0 Å². The van der Waals surface area contributed by atoms with Crippen molar-refractivity contribution in [2.45, 2.75) is 45.6 Å². The number of likely N-dealkylation sites (N-methyl/N-ethyl adjacent to an activating group) is 1. The fourth-order valence-electron chi connectivity index (χ4n) is 3.03. The second-order valence-electron chi connectivity index (χ2n) is 5.90. The van der Waals surface area contributed by atoms with E-state index in [4.69, 9.17) is 0 Å². The van der Waals surface area contributed by atoms with E-state index in [2.05, 4.69) is 43.5 Å². The minimum atomic E-state index is 0.165. The van der Waals surface area contributed by atoms with E-state index in [0.717, 1.165) is 32.5 Å². The lowest BCUT2D eigenvalue weighted by Gasteiger charge is -2.32. The summed E-state index contributed by atoms with van der Waals surface area (Å²) in [5.74, 6) is 1.04. The van der Waals surface area contributed by atoms with E-state index in [1.165, 1.54) is 12.8 Å². The largest absolute Gasteiger partial charge is 0.354 e. The highest BCUT2D eigenvalue weighted by atomic mass is 16.1. The van der Waals surface area contributed by atoms with Gasteiger partial charge in [-0.15, -0.1) is 0 Å². The Morgan fingerprint density at radius 1 is 1.37 bits per heavy atom. The van der Waals surface area contributed by atoms with Crippen molar-refractivity contribution in [2.75, 3.05) is 33.7 Å². The van der Waals surface area contributed by atoms with Gasteiger partial charge in [0.1, 0.15) is 0 Å². The molecule has 112 valence electrons. The maximum absolute atomic E-state index is 12.2. The summed E-state index contributed by atoms with van der Waals surface area (Å²) in [6.45, 7) is 7.13. The minimum absolute atomic E-state index is 0.165. The van der Waals surface area contributed by atoms with Crippen molar-refractivity contribution in [1.82, 2.24) is 15.5 Å². The van der Waals surface area contributed by atoms with Crippen molar-refractivity contribution in [1.29, 1.82) is 0 Å². The first-order valence-electron chi connectivity index (χ1n) is 7.74. The summed E-state index contributed by atoms with van der Waals surface area (Å²) >= 11 is 0. The monoisotopic (exact) mass is 269 g/mol. The van der Waals surface area contributed by atoms with Gasteiger partial charge in [-0.1, -0.05) is 26.7 Å². The molecule has 1 saturated heterocycles. The molecule has 0 spiro atoms. The highest BCUT2D eigenvalue weighted by molar-refractivity contribution is 5.79. The standard InChI is InChI=1S/C15H31N3O/c1-5-12(6-2)14(18(3)4)11-17-15(19)13-8-7-9-16-10-13/h12-14,16H,5-11H2,1-4H3,(H,17,19). The third kappa shape index (κ3) is 5.11. The number of piperidine rings is 1. The smallest absolute Gasteiger partial charge is 0.224 e. The Bertz CT molecular complexity index is 258. The molecule has 1 amide bonds. The van der Waals surface area contributed by atoms with Gasteiger partial charge in [0.25, 0.3) is 0 Å². The van der Waals surface area contributed by atoms with E-state index >= 15 is 0 Å². The van der Waals surface area contributed by atoms with Crippen LogP contribution in [0.1, 0.15) is 39.5 Å². The fourth-order valence-corrected chi connectivity index (χ4v) is 3.03. The van der Waals surface area contributed by atoms with Crippen molar-refractivity contribution in [3.8, 4) is 0 Å². The van der Waals surface area contributed by atoms with Crippen molar-refractivity contribution in [3.05, 3.63) is 0 Å². The highest BCUT2D eigenvalue weighted by Crippen LogP contribution is 2.17. The van der Waals surface area contributed by atoms with Crippen LogP contribution in [0.2, 0.25) is 0 Å². The summed E-state index contributed by atoms with van der Waals surface area (Å²) < 4.78 is 0. The van der Waals surface area contributed by atoms with Crippen LogP contribution in [0, 0.1) is 11.8 Å². The molecule has 0 radical (unpaired) electrons. The lowest BCUT2D eigenvalue weighted by atomic mass is 9.92. The lowest BCUT2D eigenvalue weighted by Crippen LogP contribution is -2.48. The van der Waals surface area contributed by atoms with Gasteiger partial charge >= 0.3 is 0 Å². The van der Waals surface area contributed by atoms with Crippen LogP contribution >= 0.6 is 0 Å². The molecule has 1 rings (SSSR count). The van der Waals surface area contributed by atoms with Crippen LogP contribution in [-0.2, 0) is 4.79 Å². The van der Waals surface area contributed by atoms with Gasteiger partial charge in [0.05, 0.1) is 5.92 Å². The number of carbonyl (C=O) groups is 1. The van der Waals surface area contributed by atoms with Crippen molar-refractivity contribution in [3.63, 3.8) is 0 Å². The molecule has 2 atom stereocenters. The zero-order valence-corrected chi connectivity index (χ0v) is 13.0. The molecule has 0 bridgehead atoms. The average molecular weight is 269 g/mol. The van der Waals surface area contributed by atoms with Crippen molar-refractivity contribution < 1.29 is 4.79 Å². The average Bonchev–Trinajstić information content (AvgIpc) is 2.43. The van der Waals surface area contributed by atoms with Gasteiger partial charge in [-0.05, 0) is 39.4 Å². The van der Waals surface area contributed by atoms with Crippen LogP contribution in [0.15, 0.2) is 0 Å². The highest BCUT2D eigenvalue weighted by Gasteiger charge is 2.24. The van der Waals surface area contributed by atoms with Crippen LogP contribution in [-0.4, -0.2) is 50.6 Å². The minimum Gasteiger partial charge on any atom is -0.354 e. The molecular formula is C15H31N3O. The quantitative estimate of drug-likeness (QED) is 0.735. The van der Waals surface area contributed by atoms with E-state index in [1.807, 2.05) is 0 Å². The van der Waals surface area contributed by atoms with Crippen molar-refractivity contribution >= 4 is 5.91 Å². The molecule has 1 heterocycles. The Morgan fingerprint density at radius 2 is 2.05 bits per heavy atom. The maximum atomic E-state index is 12.2. The third-order valence-electron chi connectivity index (χ3n) is 4.41. The lowest BCUT2D eigenvalue weighted by molar-refractivity contribution is -0.125. The Labute approximate surface area is 118 Å². The summed E-state index contributed by atoms with van der Waals surface area (Å²) in [7, 11) is 4.22. The molecule has 4 heteroatoms. The predicted octanol–water partition coefficient (Wildman–Crippen LogP) is 1.47. The first-order valence-corrected chi connectivity index (χ1v) is 7.74. The number of amides is 1. The Hall–Kier alpha value is -0.610. The first kappa shape index (κ1) is 16.4. The van der Waals surface area contributed by atoms with Crippen LogP contribution in [0.4, 0.5) is 0 Å². The second-order valence-corrected chi connectivity index (χ2v) is 5.90. The van der Waals surface area contributed by atoms with Gasteiger partial charge < -0.3 is 15.5 Å². The van der Waals surface area contributed by atoms with Crippen LogP contribution in [0.25, 0.3) is 0 Å². The molecular weight excluding hydrogens is 238 g/mol. The zero-order chi connectivity index (χ0) is 14.3. The molecule has 0 saturated carbocycles. The number of nitrogens with one attached hydrogen (secondary N) is 2. The van der Waals surface area contributed by atoms with Crippen molar-refractivity contribution in [2.24, 2.45) is 11.8 Å². The molecule has 2 unspecified atom stereocenters. The molecule has 19 heavy (non-hydrogen) atoms. The van der Waals surface area contributed by atoms with Gasteiger partial charge in [-0.25, -0.2) is 0 Å². The number of hydrogen-bond donors (Lipinski definition) is 2. The van der Waals surface area contributed by atoms with Crippen LogP contribution in [0.5, 0.6) is 0 Å². The molecule has 4 nitrogen and oxygen atoms in total. The molecule has 1 fully saturated rings. The molecule has 0 aromatic heterocycles.